The summed E-state index contributed by atoms with van der Waals surface area (Å²) in [4.78, 5) is 24.4. The molecule has 24 heavy (non-hydrogen) atoms. The minimum atomic E-state index is -0.577. The Morgan fingerprint density at radius 3 is 2.38 bits per heavy atom. The number of amides is 1. The van der Waals surface area contributed by atoms with Gasteiger partial charge in [0.2, 0.25) is 0 Å². The molecule has 0 aromatic heterocycles. The van der Waals surface area contributed by atoms with Gasteiger partial charge in [-0.25, -0.2) is 0 Å². The quantitative estimate of drug-likeness (QED) is 0.830. The van der Waals surface area contributed by atoms with Crippen molar-refractivity contribution in [2.75, 3.05) is 19.0 Å². The molecule has 0 heterocycles. The van der Waals surface area contributed by atoms with Crippen LogP contribution >= 0.6 is 0 Å². The molecule has 2 aromatic carbocycles. The number of carbonyl (C=O) groups is 2. The highest BCUT2D eigenvalue weighted by Crippen LogP contribution is 2.49. The van der Waals surface area contributed by atoms with E-state index in [1.807, 2.05) is 36.4 Å². The maximum Gasteiger partial charge on any atom is 0.317 e. The lowest BCUT2D eigenvalue weighted by Crippen LogP contribution is -2.28. The van der Waals surface area contributed by atoms with Gasteiger partial charge in [0.05, 0.1) is 18.2 Å². The molecule has 0 unspecified atom stereocenters. The molecular formula is C19H19NO4. The highest BCUT2D eigenvalue weighted by atomic mass is 16.5. The molecule has 1 N–H and O–H groups in total. The van der Waals surface area contributed by atoms with Crippen molar-refractivity contribution in [3.8, 4) is 5.75 Å². The van der Waals surface area contributed by atoms with Crippen molar-refractivity contribution in [3.63, 3.8) is 0 Å². The molecule has 124 valence electrons. The van der Waals surface area contributed by atoms with Gasteiger partial charge in [-0.3, -0.25) is 9.59 Å². The fourth-order valence-corrected chi connectivity index (χ4v) is 2.70. The lowest BCUT2D eigenvalue weighted by molar-refractivity contribution is -0.150. The fraction of sp³-hybridized carbons (Fsp3) is 0.263. The van der Waals surface area contributed by atoms with E-state index < -0.39 is 11.3 Å². The van der Waals surface area contributed by atoms with Crippen LogP contribution in [0.2, 0.25) is 0 Å². The second kappa shape index (κ2) is 6.74. The minimum absolute atomic E-state index is 0.314. The lowest BCUT2D eigenvalue weighted by Gasteiger charge is -2.15. The van der Waals surface area contributed by atoms with Crippen molar-refractivity contribution >= 4 is 17.6 Å². The summed E-state index contributed by atoms with van der Waals surface area (Å²) in [5.41, 5.74) is 0.914. The standard InChI is InChI=1S/C19H19NO4/c1-23-16-10-6-5-9-15(16)20-17(21)13-24-18(22)19(11-12-19)14-7-3-2-4-8-14/h2-10H,11-13H2,1H3,(H,20,21). The Hall–Kier alpha value is -2.82. The number of methoxy groups -OCH3 is 1. The number of benzene rings is 2. The summed E-state index contributed by atoms with van der Waals surface area (Å²) in [6.07, 6.45) is 1.51. The summed E-state index contributed by atoms with van der Waals surface area (Å²) in [7, 11) is 1.53. The summed E-state index contributed by atoms with van der Waals surface area (Å²) in [5.74, 6) is -0.180. The van der Waals surface area contributed by atoms with Crippen LogP contribution < -0.4 is 10.1 Å². The number of nitrogens with one attached hydrogen (secondary N) is 1. The first-order chi connectivity index (χ1) is 11.7. The zero-order chi connectivity index (χ0) is 17.0. The summed E-state index contributed by atoms with van der Waals surface area (Å²) >= 11 is 0. The molecule has 1 aliphatic rings. The lowest BCUT2D eigenvalue weighted by atomic mass is 9.96. The Bertz CT molecular complexity index is 738. The van der Waals surface area contributed by atoms with Gasteiger partial charge in [0, 0.05) is 0 Å². The van der Waals surface area contributed by atoms with Crippen LogP contribution in [0.15, 0.2) is 54.6 Å². The number of rotatable bonds is 6. The first-order valence-electron chi connectivity index (χ1n) is 7.81. The predicted octanol–water partition coefficient (Wildman–Crippen LogP) is 2.91. The van der Waals surface area contributed by atoms with Gasteiger partial charge in [-0.2, -0.15) is 0 Å². The van der Waals surface area contributed by atoms with E-state index in [2.05, 4.69) is 5.32 Å². The zero-order valence-electron chi connectivity index (χ0n) is 13.5. The molecule has 2 aromatic rings. The molecule has 3 rings (SSSR count). The van der Waals surface area contributed by atoms with E-state index in [9.17, 15) is 9.59 Å². The average Bonchev–Trinajstić information content (AvgIpc) is 3.43. The maximum absolute atomic E-state index is 12.4. The van der Waals surface area contributed by atoms with Crippen molar-refractivity contribution in [1.82, 2.24) is 0 Å². The van der Waals surface area contributed by atoms with Gasteiger partial charge in [-0.1, -0.05) is 42.5 Å². The minimum Gasteiger partial charge on any atom is -0.495 e. The van der Waals surface area contributed by atoms with E-state index in [4.69, 9.17) is 9.47 Å². The smallest absolute Gasteiger partial charge is 0.317 e. The van der Waals surface area contributed by atoms with Crippen molar-refractivity contribution < 1.29 is 19.1 Å². The molecular weight excluding hydrogens is 306 g/mol. The van der Waals surface area contributed by atoms with Crippen LogP contribution in [0.3, 0.4) is 0 Å². The van der Waals surface area contributed by atoms with Gasteiger partial charge in [-0.15, -0.1) is 0 Å². The summed E-state index contributed by atoms with van der Waals surface area (Å²) in [5, 5.41) is 2.69. The zero-order valence-corrected chi connectivity index (χ0v) is 13.5. The van der Waals surface area contributed by atoms with Crippen LogP contribution in [0.1, 0.15) is 18.4 Å². The Labute approximate surface area is 140 Å². The Kier molecular flexibility index (Phi) is 4.51. The van der Waals surface area contributed by atoms with Gasteiger partial charge >= 0.3 is 5.97 Å². The van der Waals surface area contributed by atoms with Gasteiger partial charge in [-0.05, 0) is 30.5 Å². The van der Waals surface area contributed by atoms with E-state index in [0.717, 1.165) is 18.4 Å². The van der Waals surface area contributed by atoms with E-state index in [-0.39, 0.29) is 12.6 Å². The van der Waals surface area contributed by atoms with Crippen molar-refractivity contribution in [2.45, 2.75) is 18.3 Å². The molecule has 5 nitrogen and oxygen atoms in total. The van der Waals surface area contributed by atoms with Crippen molar-refractivity contribution in [1.29, 1.82) is 0 Å². The largest absolute Gasteiger partial charge is 0.495 e. The highest BCUT2D eigenvalue weighted by molar-refractivity contribution is 5.95. The Morgan fingerprint density at radius 1 is 1.04 bits per heavy atom. The van der Waals surface area contributed by atoms with Crippen molar-refractivity contribution in [3.05, 3.63) is 60.2 Å². The first-order valence-corrected chi connectivity index (χ1v) is 7.81. The number of anilines is 1. The van der Waals surface area contributed by atoms with Crippen LogP contribution in [0, 0.1) is 0 Å². The molecule has 1 fully saturated rings. The SMILES string of the molecule is COc1ccccc1NC(=O)COC(=O)C1(c2ccccc2)CC1. The summed E-state index contributed by atoms with van der Waals surface area (Å²) < 4.78 is 10.4. The molecule has 0 aliphatic heterocycles. The molecule has 0 saturated heterocycles. The molecule has 5 heteroatoms. The second-order valence-corrected chi connectivity index (χ2v) is 5.77. The van der Waals surface area contributed by atoms with Crippen LogP contribution in [0.4, 0.5) is 5.69 Å². The van der Waals surface area contributed by atoms with E-state index in [0.29, 0.717) is 11.4 Å². The van der Waals surface area contributed by atoms with E-state index in [1.54, 1.807) is 18.2 Å². The number of ether oxygens (including phenoxy) is 2. The third kappa shape index (κ3) is 3.25. The van der Waals surface area contributed by atoms with Crippen LogP contribution in [-0.4, -0.2) is 25.6 Å². The summed E-state index contributed by atoms with van der Waals surface area (Å²) in [6, 6.07) is 16.6. The van der Waals surface area contributed by atoms with Crippen LogP contribution in [0.25, 0.3) is 0 Å². The highest BCUT2D eigenvalue weighted by Gasteiger charge is 2.52. The molecule has 0 bridgehead atoms. The third-order valence-corrected chi connectivity index (χ3v) is 4.18. The Balaban J connectivity index is 1.58. The molecule has 1 amide bonds. The molecule has 0 radical (unpaired) electrons. The number of esters is 1. The Morgan fingerprint density at radius 2 is 1.71 bits per heavy atom. The fourth-order valence-electron chi connectivity index (χ4n) is 2.70. The number of hydrogen-bond acceptors (Lipinski definition) is 4. The normalized spacial score (nSPS) is 14.5. The second-order valence-electron chi connectivity index (χ2n) is 5.77. The van der Waals surface area contributed by atoms with E-state index in [1.165, 1.54) is 7.11 Å². The van der Waals surface area contributed by atoms with Gasteiger partial charge in [0.25, 0.3) is 5.91 Å². The van der Waals surface area contributed by atoms with Crippen LogP contribution in [0.5, 0.6) is 5.75 Å². The topological polar surface area (TPSA) is 64.6 Å². The third-order valence-electron chi connectivity index (χ3n) is 4.18. The number of carbonyl (C=O) groups excluding carboxylic acids is 2. The molecule has 1 aliphatic carbocycles. The maximum atomic E-state index is 12.4. The number of hydrogen-bond donors (Lipinski definition) is 1. The summed E-state index contributed by atoms with van der Waals surface area (Å²) in [6.45, 7) is -0.314. The monoisotopic (exact) mass is 325 g/mol. The molecule has 0 atom stereocenters. The van der Waals surface area contributed by atoms with E-state index >= 15 is 0 Å². The predicted molar refractivity (Wildman–Crippen MR) is 89.9 cm³/mol. The number of para-hydroxylation sites is 2. The molecule has 1 saturated carbocycles. The van der Waals surface area contributed by atoms with Gasteiger partial charge in [0.1, 0.15) is 5.75 Å². The molecule has 0 spiro atoms. The first kappa shape index (κ1) is 16.1. The van der Waals surface area contributed by atoms with Gasteiger partial charge < -0.3 is 14.8 Å². The van der Waals surface area contributed by atoms with Gasteiger partial charge in [0.15, 0.2) is 6.61 Å². The van der Waals surface area contributed by atoms with Crippen molar-refractivity contribution in [2.24, 2.45) is 0 Å². The van der Waals surface area contributed by atoms with Crippen LogP contribution in [-0.2, 0) is 19.7 Å². The average molecular weight is 325 g/mol.